The highest BCUT2D eigenvalue weighted by molar-refractivity contribution is 6.32. The molecule has 4 fully saturated rings. The Balaban J connectivity index is 1.29. The van der Waals surface area contributed by atoms with Crippen molar-refractivity contribution in [1.29, 1.82) is 0 Å². The number of rotatable bonds is 3. The van der Waals surface area contributed by atoms with Gasteiger partial charge in [-0.2, -0.15) is 5.10 Å². The van der Waals surface area contributed by atoms with Crippen molar-refractivity contribution in [3.63, 3.8) is 0 Å². The molecule has 1 aromatic heterocycles. The van der Waals surface area contributed by atoms with Gasteiger partial charge in [-0.05, 0) is 87.9 Å². The van der Waals surface area contributed by atoms with Crippen LogP contribution in [0.15, 0.2) is 6.20 Å². The highest BCUT2D eigenvalue weighted by atomic mass is 35.5. The van der Waals surface area contributed by atoms with E-state index in [1.165, 1.54) is 32.1 Å². The number of aliphatic hydroxyl groups excluding tert-OH is 1. The maximum Gasteiger partial charge on any atom is 0.256 e. The van der Waals surface area contributed by atoms with Gasteiger partial charge in [-0.1, -0.05) is 11.6 Å². The molecule has 0 saturated heterocycles. The fourth-order valence-corrected chi connectivity index (χ4v) is 6.89. The number of hydrogen-bond donors (Lipinski definition) is 2. The molecule has 1 heterocycles. The maximum atomic E-state index is 13.0. The SMILES string of the molecule is O=C(N[C@H]1CCC2CC3CC(C2)C1C3)c1cnn([C@H]2CC[C@@H](O)CC2)c1Cl. The first-order chi connectivity index (χ1) is 13.1. The van der Waals surface area contributed by atoms with E-state index in [1.807, 2.05) is 0 Å². The molecule has 1 aromatic rings. The highest BCUT2D eigenvalue weighted by Crippen LogP contribution is 2.53. The lowest BCUT2D eigenvalue weighted by atomic mass is 9.80. The number of carbonyl (C=O) groups excluding carboxylic acids is 1. The Morgan fingerprint density at radius 1 is 1.07 bits per heavy atom. The molecular weight excluding hydrogens is 362 g/mol. The second-order valence-corrected chi connectivity index (χ2v) is 9.87. The quantitative estimate of drug-likeness (QED) is 0.819. The largest absolute Gasteiger partial charge is 0.393 e. The number of hydrogen-bond acceptors (Lipinski definition) is 3. The third-order valence-corrected chi connectivity index (χ3v) is 8.24. The number of nitrogens with one attached hydrogen (secondary N) is 1. The Morgan fingerprint density at radius 3 is 2.67 bits per heavy atom. The summed E-state index contributed by atoms with van der Waals surface area (Å²) in [6.07, 6.45) is 12.5. The number of halogens is 1. The van der Waals surface area contributed by atoms with E-state index in [0.29, 0.717) is 22.7 Å². The number of fused-ring (bicyclic) bond motifs is 2. The molecule has 5 atom stereocenters. The number of nitrogens with zero attached hydrogens (tertiary/aromatic N) is 2. The van der Waals surface area contributed by atoms with Gasteiger partial charge in [0.05, 0.1) is 23.9 Å². The first-order valence-corrected chi connectivity index (χ1v) is 11.2. The van der Waals surface area contributed by atoms with E-state index in [-0.39, 0.29) is 18.1 Å². The Morgan fingerprint density at radius 2 is 1.85 bits per heavy atom. The van der Waals surface area contributed by atoms with Crippen LogP contribution in [-0.4, -0.2) is 32.9 Å². The van der Waals surface area contributed by atoms with Crippen molar-refractivity contribution in [2.45, 2.75) is 82.4 Å². The van der Waals surface area contributed by atoms with Crippen LogP contribution in [0.1, 0.15) is 80.6 Å². The molecule has 0 aromatic carbocycles. The maximum absolute atomic E-state index is 13.0. The predicted molar refractivity (Wildman–Crippen MR) is 104 cm³/mol. The number of amides is 1. The molecule has 5 rings (SSSR count). The summed E-state index contributed by atoms with van der Waals surface area (Å²) in [6.45, 7) is 0. The molecule has 4 aliphatic rings. The summed E-state index contributed by atoms with van der Waals surface area (Å²) < 4.78 is 1.79. The fourth-order valence-electron chi connectivity index (χ4n) is 6.58. The smallest absolute Gasteiger partial charge is 0.256 e. The number of carbonyl (C=O) groups is 1. The Hall–Kier alpha value is -1.07. The van der Waals surface area contributed by atoms with Gasteiger partial charge in [0.25, 0.3) is 5.91 Å². The number of aromatic nitrogens is 2. The van der Waals surface area contributed by atoms with Gasteiger partial charge in [-0.25, -0.2) is 0 Å². The average molecular weight is 392 g/mol. The summed E-state index contributed by atoms with van der Waals surface area (Å²) >= 11 is 6.56. The Bertz CT molecular complexity index is 712. The lowest BCUT2D eigenvalue weighted by Gasteiger charge is -2.27. The minimum Gasteiger partial charge on any atom is -0.393 e. The summed E-state index contributed by atoms with van der Waals surface area (Å²) in [4.78, 5) is 13.0. The van der Waals surface area contributed by atoms with Crippen molar-refractivity contribution in [1.82, 2.24) is 15.1 Å². The second-order valence-electron chi connectivity index (χ2n) is 9.51. The normalized spacial score (nSPS) is 40.7. The molecule has 4 aliphatic carbocycles. The molecule has 2 N–H and O–H groups in total. The van der Waals surface area contributed by atoms with Crippen LogP contribution >= 0.6 is 11.6 Å². The van der Waals surface area contributed by atoms with Crippen molar-refractivity contribution in [2.75, 3.05) is 0 Å². The second kappa shape index (κ2) is 7.07. The average Bonchev–Trinajstić information content (AvgIpc) is 3.15. The standard InChI is InChI=1S/C21H30ClN3O2/c22-20-18(11-23-25(20)15-2-4-16(26)5-3-15)21(27)24-19-6-1-12-7-13-9-14(8-12)17(19)10-13/h11-17,19,26H,1-10H2,(H,24,27)/t12?,13?,14?,15-,16+,17?,19-/m0/s1. The molecule has 1 amide bonds. The van der Waals surface area contributed by atoms with Gasteiger partial charge < -0.3 is 10.4 Å². The molecule has 6 heteroatoms. The van der Waals surface area contributed by atoms with Crippen LogP contribution in [0.25, 0.3) is 0 Å². The third kappa shape index (κ3) is 3.31. The zero-order valence-electron chi connectivity index (χ0n) is 15.8. The van der Waals surface area contributed by atoms with Crippen LogP contribution < -0.4 is 5.32 Å². The summed E-state index contributed by atoms with van der Waals surface area (Å²) in [5.41, 5.74) is 0.506. The highest BCUT2D eigenvalue weighted by Gasteiger charge is 2.46. The topological polar surface area (TPSA) is 67.2 Å². The van der Waals surface area contributed by atoms with E-state index in [2.05, 4.69) is 10.4 Å². The zero-order valence-corrected chi connectivity index (χ0v) is 16.6. The van der Waals surface area contributed by atoms with Gasteiger partial charge in [0.15, 0.2) is 0 Å². The van der Waals surface area contributed by atoms with Crippen molar-refractivity contribution in [3.8, 4) is 0 Å². The van der Waals surface area contributed by atoms with E-state index in [0.717, 1.165) is 49.9 Å². The minimum absolute atomic E-state index is 0.0617. The fraction of sp³-hybridized carbons (Fsp3) is 0.810. The molecule has 0 spiro atoms. The molecule has 3 bridgehead atoms. The Labute approximate surface area is 165 Å². The van der Waals surface area contributed by atoms with Crippen molar-refractivity contribution >= 4 is 17.5 Å². The molecule has 4 unspecified atom stereocenters. The van der Waals surface area contributed by atoms with Crippen LogP contribution in [-0.2, 0) is 0 Å². The van der Waals surface area contributed by atoms with Crippen LogP contribution in [0.2, 0.25) is 5.15 Å². The molecule has 4 saturated carbocycles. The van der Waals surface area contributed by atoms with Crippen LogP contribution in [0, 0.1) is 23.7 Å². The lowest BCUT2D eigenvalue weighted by molar-refractivity contribution is 0.0911. The summed E-state index contributed by atoms with van der Waals surface area (Å²) in [6, 6.07) is 0.480. The molecular formula is C21H30ClN3O2. The summed E-state index contributed by atoms with van der Waals surface area (Å²) in [5.74, 6) is 3.18. The first-order valence-electron chi connectivity index (χ1n) is 10.8. The van der Waals surface area contributed by atoms with E-state index < -0.39 is 0 Å². The molecule has 0 aliphatic heterocycles. The molecule has 27 heavy (non-hydrogen) atoms. The molecule has 0 radical (unpaired) electrons. The van der Waals surface area contributed by atoms with Gasteiger partial charge >= 0.3 is 0 Å². The lowest BCUT2D eigenvalue weighted by Crippen LogP contribution is -2.41. The van der Waals surface area contributed by atoms with Gasteiger partial charge in [0.2, 0.25) is 0 Å². The van der Waals surface area contributed by atoms with Crippen LogP contribution in [0.3, 0.4) is 0 Å². The molecule has 148 valence electrons. The molecule has 5 nitrogen and oxygen atoms in total. The van der Waals surface area contributed by atoms with Gasteiger partial charge in [-0.3, -0.25) is 9.48 Å². The van der Waals surface area contributed by atoms with Crippen LogP contribution in [0.5, 0.6) is 0 Å². The Kier molecular flexibility index (Phi) is 4.71. The summed E-state index contributed by atoms with van der Waals surface area (Å²) in [5, 5.41) is 17.9. The van der Waals surface area contributed by atoms with Crippen LogP contribution in [0.4, 0.5) is 0 Å². The first kappa shape index (κ1) is 18.0. The van der Waals surface area contributed by atoms with E-state index in [1.54, 1.807) is 10.9 Å². The van der Waals surface area contributed by atoms with E-state index in [4.69, 9.17) is 11.6 Å². The van der Waals surface area contributed by atoms with Crippen molar-refractivity contribution in [2.24, 2.45) is 23.7 Å². The van der Waals surface area contributed by atoms with Gasteiger partial charge in [0.1, 0.15) is 5.15 Å². The van der Waals surface area contributed by atoms with Crippen molar-refractivity contribution in [3.05, 3.63) is 16.9 Å². The van der Waals surface area contributed by atoms with E-state index in [9.17, 15) is 9.90 Å². The number of aliphatic hydroxyl groups is 1. The van der Waals surface area contributed by atoms with Crippen molar-refractivity contribution < 1.29 is 9.90 Å². The predicted octanol–water partition coefficient (Wildman–Crippen LogP) is 3.96. The third-order valence-electron chi connectivity index (χ3n) is 7.86. The van der Waals surface area contributed by atoms with Gasteiger partial charge in [0, 0.05) is 6.04 Å². The summed E-state index contributed by atoms with van der Waals surface area (Å²) in [7, 11) is 0. The zero-order chi connectivity index (χ0) is 18.5. The minimum atomic E-state index is -0.209. The monoisotopic (exact) mass is 391 g/mol. The van der Waals surface area contributed by atoms with E-state index >= 15 is 0 Å². The van der Waals surface area contributed by atoms with Gasteiger partial charge in [-0.15, -0.1) is 0 Å².